The second-order valence-electron chi connectivity index (χ2n) is 3.84. The van der Waals surface area contributed by atoms with Crippen LogP contribution in [0.3, 0.4) is 0 Å². The van der Waals surface area contributed by atoms with Gasteiger partial charge in [-0.05, 0) is 39.7 Å². The first-order valence-electron chi connectivity index (χ1n) is 5.19. The molecule has 0 saturated carbocycles. The van der Waals surface area contributed by atoms with Gasteiger partial charge >= 0.3 is 5.97 Å². The normalized spacial score (nSPS) is 10.7. The third-order valence-corrected chi connectivity index (χ3v) is 4.86. The summed E-state index contributed by atoms with van der Waals surface area (Å²) >= 11 is 27.4. The minimum Gasteiger partial charge on any atom is -0.478 e. The maximum Gasteiger partial charge on any atom is 0.336 e. The first kappa shape index (κ1) is 15.9. The molecule has 0 atom stereocenters. The Balaban J connectivity index is 2.75. The van der Waals surface area contributed by atoms with E-state index in [1.807, 2.05) is 0 Å². The number of carbonyl (C=O) groups is 1. The molecule has 20 heavy (non-hydrogen) atoms. The summed E-state index contributed by atoms with van der Waals surface area (Å²) in [5.41, 5.74) is 1.01. The van der Waals surface area contributed by atoms with Gasteiger partial charge in [0.1, 0.15) is 0 Å². The minimum absolute atomic E-state index is 0.0886. The van der Waals surface area contributed by atoms with E-state index in [1.165, 1.54) is 12.1 Å². The highest BCUT2D eigenvalue weighted by Crippen LogP contribution is 2.43. The van der Waals surface area contributed by atoms with E-state index in [1.54, 1.807) is 12.1 Å². The van der Waals surface area contributed by atoms with Crippen LogP contribution in [0.15, 0.2) is 28.7 Å². The minimum atomic E-state index is -1.07. The molecule has 0 aliphatic carbocycles. The molecule has 7 heteroatoms. The first-order chi connectivity index (χ1) is 9.32. The van der Waals surface area contributed by atoms with Crippen molar-refractivity contribution < 1.29 is 9.90 Å². The number of hydrogen-bond acceptors (Lipinski definition) is 1. The molecular formula is C13H5BrCl4O2. The van der Waals surface area contributed by atoms with Crippen LogP contribution in [0.5, 0.6) is 0 Å². The van der Waals surface area contributed by atoms with Gasteiger partial charge in [0.15, 0.2) is 0 Å². The fraction of sp³-hybridized carbons (Fsp3) is 0. The van der Waals surface area contributed by atoms with E-state index in [0.29, 0.717) is 15.6 Å². The second-order valence-corrected chi connectivity index (χ2v) is 6.27. The summed E-state index contributed by atoms with van der Waals surface area (Å²) in [7, 11) is 0. The van der Waals surface area contributed by atoms with Gasteiger partial charge in [-0.2, -0.15) is 0 Å². The van der Waals surface area contributed by atoms with Crippen molar-refractivity contribution in [2.75, 3.05) is 0 Å². The molecule has 0 aliphatic heterocycles. The van der Waals surface area contributed by atoms with E-state index in [4.69, 9.17) is 51.5 Å². The standard InChI is InChI=1S/C13H5BrCl4O2/c14-7-2-1-5(3-6(7)13(19)20)10-11(17)8(15)4-9(16)12(10)18/h1-4H,(H,19,20). The molecule has 0 aliphatic rings. The molecule has 0 radical (unpaired) electrons. The van der Waals surface area contributed by atoms with Crippen LogP contribution in [-0.4, -0.2) is 11.1 Å². The SMILES string of the molecule is O=C(O)c1cc(-c2c(Cl)c(Cl)cc(Cl)c2Cl)ccc1Br. The summed E-state index contributed by atoms with van der Waals surface area (Å²) in [6.45, 7) is 0. The predicted molar refractivity (Wildman–Crippen MR) is 86.6 cm³/mol. The van der Waals surface area contributed by atoms with Crippen molar-refractivity contribution in [3.05, 3.63) is 54.4 Å². The second kappa shape index (κ2) is 6.12. The summed E-state index contributed by atoms with van der Waals surface area (Å²) < 4.78 is 0.453. The summed E-state index contributed by atoms with van der Waals surface area (Å²) in [4.78, 5) is 11.2. The summed E-state index contributed by atoms with van der Waals surface area (Å²) in [6.07, 6.45) is 0. The van der Waals surface area contributed by atoms with Gasteiger partial charge in [0.2, 0.25) is 0 Å². The molecular weight excluding hydrogens is 410 g/mol. The molecule has 2 aromatic rings. The smallest absolute Gasteiger partial charge is 0.336 e. The number of rotatable bonds is 2. The summed E-state index contributed by atoms with van der Waals surface area (Å²) in [5.74, 6) is -1.07. The molecule has 0 amide bonds. The van der Waals surface area contributed by atoms with Crippen LogP contribution in [0.2, 0.25) is 20.1 Å². The van der Waals surface area contributed by atoms with Crippen molar-refractivity contribution in [2.24, 2.45) is 0 Å². The van der Waals surface area contributed by atoms with E-state index in [2.05, 4.69) is 15.9 Å². The molecule has 104 valence electrons. The van der Waals surface area contributed by atoms with Gasteiger partial charge in [0, 0.05) is 10.0 Å². The highest BCUT2D eigenvalue weighted by Gasteiger charge is 2.18. The van der Waals surface area contributed by atoms with E-state index < -0.39 is 5.97 Å². The van der Waals surface area contributed by atoms with E-state index >= 15 is 0 Å². The van der Waals surface area contributed by atoms with Crippen LogP contribution in [0.1, 0.15) is 10.4 Å². The van der Waals surface area contributed by atoms with Crippen LogP contribution in [-0.2, 0) is 0 Å². The van der Waals surface area contributed by atoms with Crippen LogP contribution >= 0.6 is 62.3 Å². The van der Waals surface area contributed by atoms with Crippen molar-refractivity contribution >= 4 is 68.3 Å². The number of carboxylic acid groups (broad SMARTS) is 1. The zero-order valence-corrected chi connectivity index (χ0v) is 14.2. The largest absolute Gasteiger partial charge is 0.478 e. The van der Waals surface area contributed by atoms with Crippen molar-refractivity contribution in [2.45, 2.75) is 0 Å². The van der Waals surface area contributed by atoms with Crippen LogP contribution in [0, 0.1) is 0 Å². The third kappa shape index (κ3) is 2.92. The van der Waals surface area contributed by atoms with Gasteiger partial charge < -0.3 is 5.11 Å². The summed E-state index contributed by atoms with van der Waals surface area (Å²) in [5, 5.41) is 10.1. The number of halogens is 5. The number of benzene rings is 2. The van der Waals surface area contributed by atoms with Gasteiger partial charge in [-0.25, -0.2) is 4.79 Å². The van der Waals surface area contributed by atoms with E-state index in [0.717, 1.165) is 0 Å². The summed E-state index contributed by atoms with van der Waals surface area (Å²) in [6, 6.07) is 6.16. The monoisotopic (exact) mass is 412 g/mol. The number of aromatic carboxylic acids is 1. The van der Waals surface area contributed by atoms with Gasteiger partial charge in [-0.15, -0.1) is 0 Å². The molecule has 2 nitrogen and oxygen atoms in total. The quantitative estimate of drug-likeness (QED) is 0.575. The predicted octanol–water partition coefficient (Wildman–Crippen LogP) is 6.43. The average Bonchev–Trinajstić information content (AvgIpc) is 2.38. The topological polar surface area (TPSA) is 37.3 Å². The molecule has 0 fully saturated rings. The Bertz CT molecular complexity index is 690. The fourth-order valence-electron chi connectivity index (χ4n) is 1.67. The third-order valence-electron chi connectivity index (χ3n) is 2.60. The Morgan fingerprint density at radius 3 is 2.05 bits per heavy atom. The zero-order chi connectivity index (χ0) is 15.0. The van der Waals surface area contributed by atoms with Crippen LogP contribution in [0.25, 0.3) is 11.1 Å². The van der Waals surface area contributed by atoms with E-state index in [9.17, 15) is 4.79 Å². The maximum absolute atomic E-state index is 11.2. The Kier molecular flexibility index (Phi) is 4.88. The van der Waals surface area contributed by atoms with E-state index in [-0.39, 0.29) is 25.7 Å². The molecule has 0 saturated heterocycles. The lowest BCUT2D eigenvalue weighted by Crippen LogP contribution is -1.98. The molecule has 2 rings (SSSR count). The molecule has 0 heterocycles. The Morgan fingerprint density at radius 1 is 1.00 bits per heavy atom. The zero-order valence-electron chi connectivity index (χ0n) is 9.55. The molecule has 0 unspecified atom stereocenters. The van der Waals surface area contributed by atoms with Crippen molar-refractivity contribution in [1.82, 2.24) is 0 Å². The maximum atomic E-state index is 11.2. The van der Waals surface area contributed by atoms with Gasteiger partial charge in [0.05, 0.1) is 25.7 Å². The average molecular weight is 415 g/mol. The molecule has 2 aromatic carbocycles. The van der Waals surface area contributed by atoms with Crippen molar-refractivity contribution in [3.8, 4) is 11.1 Å². The molecule has 0 bridgehead atoms. The number of carboxylic acids is 1. The first-order valence-corrected chi connectivity index (χ1v) is 7.49. The van der Waals surface area contributed by atoms with Crippen molar-refractivity contribution in [1.29, 1.82) is 0 Å². The van der Waals surface area contributed by atoms with Crippen molar-refractivity contribution in [3.63, 3.8) is 0 Å². The fourth-order valence-corrected chi connectivity index (χ4v) is 3.12. The van der Waals surface area contributed by atoms with Gasteiger partial charge in [-0.3, -0.25) is 0 Å². The molecule has 1 N–H and O–H groups in total. The Hall–Kier alpha value is -0.450. The van der Waals surface area contributed by atoms with Crippen LogP contribution < -0.4 is 0 Å². The Labute approximate surface area is 143 Å². The van der Waals surface area contributed by atoms with Gasteiger partial charge in [0.25, 0.3) is 0 Å². The lowest BCUT2D eigenvalue weighted by molar-refractivity contribution is 0.0696. The van der Waals surface area contributed by atoms with Gasteiger partial charge in [-0.1, -0.05) is 52.5 Å². The lowest BCUT2D eigenvalue weighted by Gasteiger charge is -2.12. The highest BCUT2D eigenvalue weighted by atomic mass is 79.9. The molecule has 0 spiro atoms. The highest BCUT2D eigenvalue weighted by molar-refractivity contribution is 9.10. The lowest BCUT2D eigenvalue weighted by atomic mass is 10.0. The Morgan fingerprint density at radius 2 is 1.55 bits per heavy atom. The molecule has 0 aromatic heterocycles. The van der Waals surface area contributed by atoms with Crippen LogP contribution in [0.4, 0.5) is 0 Å². The number of hydrogen-bond donors (Lipinski definition) is 1.